The maximum absolute atomic E-state index is 12.1. The van der Waals surface area contributed by atoms with Crippen LogP contribution in [-0.4, -0.2) is 34.0 Å². The highest BCUT2D eigenvalue weighted by molar-refractivity contribution is 7.89. The maximum atomic E-state index is 12.1. The van der Waals surface area contributed by atoms with Crippen LogP contribution in [0.4, 0.5) is 5.69 Å². The molecule has 0 radical (unpaired) electrons. The van der Waals surface area contributed by atoms with Crippen LogP contribution in [0.2, 0.25) is 0 Å². The minimum absolute atomic E-state index is 0.0565. The fourth-order valence-corrected chi connectivity index (χ4v) is 3.39. The Morgan fingerprint density at radius 1 is 1.15 bits per heavy atom. The van der Waals surface area contributed by atoms with Gasteiger partial charge in [0.2, 0.25) is 10.0 Å². The Kier molecular flexibility index (Phi) is 7.14. The van der Waals surface area contributed by atoms with Crippen LogP contribution in [0.25, 0.3) is 0 Å². The fourth-order valence-electron chi connectivity index (χ4n) is 2.29. The van der Waals surface area contributed by atoms with Gasteiger partial charge >= 0.3 is 0 Å². The van der Waals surface area contributed by atoms with E-state index in [-0.39, 0.29) is 30.5 Å². The molecule has 0 unspecified atom stereocenters. The molecule has 140 valence electrons. The lowest BCUT2D eigenvalue weighted by Crippen LogP contribution is -2.29. The summed E-state index contributed by atoms with van der Waals surface area (Å²) in [6.07, 6.45) is 0.799. The molecule has 8 heteroatoms. The van der Waals surface area contributed by atoms with Gasteiger partial charge in [-0.2, -0.15) is 0 Å². The summed E-state index contributed by atoms with van der Waals surface area (Å²) in [4.78, 5) is 12.2. The van der Waals surface area contributed by atoms with Crippen molar-refractivity contribution in [3.05, 3.63) is 54.1 Å². The fraction of sp³-hybridized carbons (Fsp3) is 0.278. The summed E-state index contributed by atoms with van der Waals surface area (Å²) in [5.41, 5.74) is 6.70. The Balaban J connectivity index is 2.00. The zero-order chi connectivity index (χ0) is 19.0. The summed E-state index contributed by atoms with van der Waals surface area (Å²) in [7, 11) is -3.66. The lowest BCUT2D eigenvalue weighted by Gasteiger charge is -2.11. The Labute approximate surface area is 153 Å². The molecule has 0 saturated carbocycles. The van der Waals surface area contributed by atoms with Gasteiger partial charge in [-0.3, -0.25) is 4.79 Å². The van der Waals surface area contributed by atoms with E-state index in [1.54, 1.807) is 12.1 Å². The van der Waals surface area contributed by atoms with E-state index < -0.39 is 10.0 Å². The van der Waals surface area contributed by atoms with E-state index >= 15 is 0 Å². The Morgan fingerprint density at radius 3 is 2.65 bits per heavy atom. The molecule has 0 saturated heterocycles. The second kappa shape index (κ2) is 9.33. The predicted octanol–water partition coefficient (Wildman–Crippen LogP) is 1.50. The number of aryl methyl sites for hydroxylation is 1. The molecule has 0 aliphatic heterocycles. The molecular weight excluding hydrogens is 354 g/mol. The van der Waals surface area contributed by atoms with Crippen molar-refractivity contribution in [3.63, 3.8) is 0 Å². The second-order valence-electron chi connectivity index (χ2n) is 5.51. The molecular formula is C18H23N3O4S. The minimum Gasteiger partial charge on any atom is -0.483 e. The van der Waals surface area contributed by atoms with Crippen molar-refractivity contribution in [2.24, 2.45) is 5.73 Å². The monoisotopic (exact) mass is 377 g/mol. The van der Waals surface area contributed by atoms with Crippen molar-refractivity contribution in [2.45, 2.75) is 18.2 Å². The van der Waals surface area contributed by atoms with Gasteiger partial charge < -0.3 is 15.8 Å². The van der Waals surface area contributed by atoms with Gasteiger partial charge in [-0.05, 0) is 36.2 Å². The molecule has 2 aromatic rings. The van der Waals surface area contributed by atoms with E-state index in [4.69, 9.17) is 10.5 Å². The molecule has 0 aromatic heterocycles. The number of anilines is 1. The van der Waals surface area contributed by atoms with E-state index in [0.29, 0.717) is 11.4 Å². The van der Waals surface area contributed by atoms with Crippen LogP contribution in [0, 0.1) is 0 Å². The highest BCUT2D eigenvalue weighted by Gasteiger charge is 2.14. The van der Waals surface area contributed by atoms with E-state index in [1.807, 2.05) is 31.2 Å². The summed E-state index contributed by atoms with van der Waals surface area (Å²) in [5.74, 6) is 0.285. The average molecular weight is 377 g/mol. The smallest absolute Gasteiger partial charge is 0.262 e. The lowest BCUT2D eigenvalue weighted by molar-refractivity contribution is -0.118. The van der Waals surface area contributed by atoms with Gasteiger partial charge in [0, 0.05) is 18.8 Å². The minimum atomic E-state index is -3.66. The van der Waals surface area contributed by atoms with E-state index in [2.05, 4.69) is 10.0 Å². The molecule has 0 fully saturated rings. The summed E-state index contributed by atoms with van der Waals surface area (Å²) < 4.78 is 32.1. The van der Waals surface area contributed by atoms with Crippen molar-refractivity contribution < 1.29 is 17.9 Å². The van der Waals surface area contributed by atoms with Crippen LogP contribution in [0.5, 0.6) is 5.75 Å². The molecule has 0 aliphatic carbocycles. The third-order valence-electron chi connectivity index (χ3n) is 3.58. The first-order valence-corrected chi connectivity index (χ1v) is 9.75. The van der Waals surface area contributed by atoms with Crippen molar-refractivity contribution in [1.82, 2.24) is 4.72 Å². The van der Waals surface area contributed by atoms with Crippen LogP contribution >= 0.6 is 0 Å². The van der Waals surface area contributed by atoms with Gasteiger partial charge in [0.25, 0.3) is 5.91 Å². The van der Waals surface area contributed by atoms with Crippen molar-refractivity contribution in [1.29, 1.82) is 0 Å². The number of carbonyl (C=O) groups is 1. The number of nitrogens with two attached hydrogens (primary N) is 1. The number of benzene rings is 2. The summed E-state index contributed by atoms with van der Waals surface area (Å²) in [5, 5.41) is 2.64. The molecule has 0 atom stereocenters. The predicted molar refractivity (Wildman–Crippen MR) is 101 cm³/mol. The van der Waals surface area contributed by atoms with Gasteiger partial charge in [-0.1, -0.05) is 31.2 Å². The lowest BCUT2D eigenvalue weighted by atomic mass is 10.1. The molecule has 2 rings (SSSR count). The summed E-state index contributed by atoms with van der Waals surface area (Å²) in [6, 6.07) is 13.5. The summed E-state index contributed by atoms with van der Waals surface area (Å²) >= 11 is 0. The first-order chi connectivity index (χ1) is 12.5. The van der Waals surface area contributed by atoms with E-state index in [0.717, 1.165) is 12.0 Å². The Morgan fingerprint density at radius 2 is 1.92 bits per heavy atom. The average Bonchev–Trinajstić information content (AvgIpc) is 2.65. The van der Waals surface area contributed by atoms with Crippen LogP contribution in [0.1, 0.15) is 12.5 Å². The molecule has 0 aliphatic rings. The van der Waals surface area contributed by atoms with Gasteiger partial charge in [0.15, 0.2) is 6.61 Å². The van der Waals surface area contributed by atoms with Gasteiger partial charge in [-0.15, -0.1) is 0 Å². The molecule has 0 heterocycles. The number of amides is 1. The molecule has 26 heavy (non-hydrogen) atoms. The number of rotatable bonds is 9. The van der Waals surface area contributed by atoms with Crippen molar-refractivity contribution >= 4 is 21.6 Å². The molecule has 0 bridgehead atoms. The third-order valence-corrected chi connectivity index (χ3v) is 5.04. The SMILES string of the molecule is CCc1ccccc1OCC(=O)Nc1cccc(S(=O)(=O)NCCN)c1. The normalized spacial score (nSPS) is 11.2. The van der Waals surface area contributed by atoms with Crippen LogP contribution < -0.4 is 20.5 Å². The number of hydrogen-bond donors (Lipinski definition) is 3. The van der Waals surface area contributed by atoms with Gasteiger partial charge in [0.05, 0.1) is 4.90 Å². The largest absolute Gasteiger partial charge is 0.483 e. The number of ether oxygens (including phenoxy) is 1. The van der Waals surface area contributed by atoms with E-state index in [1.165, 1.54) is 12.1 Å². The highest BCUT2D eigenvalue weighted by Crippen LogP contribution is 2.19. The topological polar surface area (TPSA) is 111 Å². The third kappa shape index (κ3) is 5.55. The Hall–Kier alpha value is -2.42. The van der Waals surface area contributed by atoms with Crippen LogP contribution in [0.3, 0.4) is 0 Å². The zero-order valence-corrected chi connectivity index (χ0v) is 15.4. The van der Waals surface area contributed by atoms with Crippen LogP contribution in [-0.2, 0) is 21.2 Å². The molecule has 0 spiro atoms. The first kappa shape index (κ1) is 19.9. The van der Waals surface area contributed by atoms with Crippen molar-refractivity contribution in [2.75, 3.05) is 25.0 Å². The number of carbonyl (C=O) groups excluding carboxylic acids is 1. The first-order valence-electron chi connectivity index (χ1n) is 8.26. The quantitative estimate of drug-likeness (QED) is 0.613. The highest BCUT2D eigenvalue weighted by atomic mass is 32.2. The number of para-hydroxylation sites is 1. The number of sulfonamides is 1. The Bertz CT molecular complexity index is 853. The standard InChI is InChI=1S/C18H23N3O4S/c1-2-14-6-3-4-9-17(14)25-13-18(22)21-15-7-5-8-16(12-15)26(23,24)20-11-10-19/h3-9,12,20H,2,10-11,13,19H2,1H3,(H,21,22). The zero-order valence-electron chi connectivity index (χ0n) is 14.6. The van der Waals surface area contributed by atoms with Crippen molar-refractivity contribution in [3.8, 4) is 5.75 Å². The van der Waals surface area contributed by atoms with Crippen LogP contribution in [0.15, 0.2) is 53.4 Å². The number of hydrogen-bond acceptors (Lipinski definition) is 5. The molecule has 1 amide bonds. The number of nitrogens with one attached hydrogen (secondary N) is 2. The van der Waals surface area contributed by atoms with Gasteiger partial charge in [-0.25, -0.2) is 13.1 Å². The molecule has 4 N–H and O–H groups in total. The molecule has 7 nitrogen and oxygen atoms in total. The maximum Gasteiger partial charge on any atom is 0.262 e. The summed E-state index contributed by atoms with van der Waals surface area (Å²) in [6.45, 7) is 2.18. The van der Waals surface area contributed by atoms with Gasteiger partial charge in [0.1, 0.15) is 5.75 Å². The second-order valence-corrected chi connectivity index (χ2v) is 7.28. The molecule has 2 aromatic carbocycles. The van der Waals surface area contributed by atoms with E-state index in [9.17, 15) is 13.2 Å².